The fraction of sp³-hybridized carbons (Fsp3) is 0.467. The Bertz CT molecular complexity index is 434. The molecule has 2 N–H and O–H groups in total. The molecule has 4 nitrogen and oxygen atoms in total. The number of hydrogen-bond acceptors (Lipinski definition) is 3. The maximum atomic E-state index is 11.7. The van der Waals surface area contributed by atoms with E-state index >= 15 is 0 Å². The Morgan fingerprint density at radius 2 is 1.90 bits per heavy atom. The highest BCUT2D eigenvalue weighted by molar-refractivity contribution is 7.99. The molecule has 0 fully saturated rings. The molecule has 5 heteroatoms. The van der Waals surface area contributed by atoms with Gasteiger partial charge >= 0.3 is 5.97 Å². The quantitative estimate of drug-likeness (QED) is 0.722. The van der Waals surface area contributed by atoms with Crippen LogP contribution in [0.3, 0.4) is 0 Å². The Kier molecular flexibility index (Phi) is 7.15. The lowest BCUT2D eigenvalue weighted by molar-refractivity contribution is -0.142. The maximum Gasteiger partial charge on any atom is 0.326 e. The lowest BCUT2D eigenvalue weighted by Gasteiger charge is -2.17. The van der Waals surface area contributed by atoms with E-state index in [1.165, 1.54) is 17.3 Å². The van der Waals surface area contributed by atoms with Gasteiger partial charge in [0.1, 0.15) is 6.04 Å². The fourth-order valence-corrected chi connectivity index (χ4v) is 2.52. The van der Waals surface area contributed by atoms with Gasteiger partial charge in [0.15, 0.2) is 0 Å². The van der Waals surface area contributed by atoms with Gasteiger partial charge in [0, 0.05) is 0 Å². The molecule has 1 amide bonds. The van der Waals surface area contributed by atoms with Crippen LogP contribution in [0.15, 0.2) is 30.3 Å². The molecule has 0 aliphatic rings. The first-order valence-corrected chi connectivity index (χ1v) is 7.80. The van der Waals surface area contributed by atoms with Gasteiger partial charge < -0.3 is 10.4 Å². The number of carboxylic acid groups (broad SMARTS) is 1. The van der Waals surface area contributed by atoms with Crippen LogP contribution in [0.5, 0.6) is 0 Å². The molecule has 0 bridgehead atoms. The van der Waals surface area contributed by atoms with Gasteiger partial charge in [0.25, 0.3) is 0 Å². The molecule has 0 aliphatic heterocycles. The summed E-state index contributed by atoms with van der Waals surface area (Å²) < 4.78 is 0. The number of nitrogens with one attached hydrogen (secondary N) is 1. The van der Waals surface area contributed by atoms with Crippen molar-refractivity contribution in [3.8, 4) is 0 Å². The summed E-state index contributed by atoms with van der Waals surface area (Å²) in [6.07, 6.45) is 0.908. The van der Waals surface area contributed by atoms with Gasteiger partial charge in [-0.15, -0.1) is 0 Å². The second-order valence-corrected chi connectivity index (χ2v) is 6.02. The van der Waals surface area contributed by atoms with Crippen LogP contribution >= 0.6 is 11.8 Å². The topological polar surface area (TPSA) is 66.4 Å². The van der Waals surface area contributed by atoms with Gasteiger partial charge in [-0.1, -0.05) is 44.2 Å². The molecule has 110 valence electrons. The second kappa shape index (κ2) is 8.64. The highest BCUT2D eigenvalue weighted by Crippen LogP contribution is 2.08. The predicted molar refractivity (Wildman–Crippen MR) is 81.9 cm³/mol. The van der Waals surface area contributed by atoms with E-state index < -0.39 is 12.0 Å². The van der Waals surface area contributed by atoms with Crippen LogP contribution in [0.2, 0.25) is 0 Å². The zero-order chi connectivity index (χ0) is 15.0. The van der Waals surface area contributed by atoms with Crippen LogP contribution in [0.1, 0.15) is 19.4 Å². The van der Waals surface area contributed by atoms with Crippen molar-refractivity contribution < 1.29 is 14.7 Å². The highest BCUT2D eigenvalue weighted by atomic mass is 32.2. The number of amides is 1. The summed E-state index contributed by atoms with van der Waals surface area (Å²) in [5.41, 5.74) is 1.24. The van der Waals surface area contributed by atoms with Crippen LogP contribution in [0, 0.1) is 5.92 Å². The molecule has 1 aromatic rings. The molecule has 20 heavy (non-hydrogen) atoms. The molecule has 0 saturated heterocycles. The van der Waals surface area contributed by atoms with Crippen molar-refractivity contribution >= 4 is 23.6 Å². The number of carbonyl (C=O) groups excluding carboxylic acids is 1. The minimum atomic E-state index is -0.984. The van der Waals surface area contributed by atoms with Crippen LogP contribution in [0.25, 0.3) is 0 Å². The average molecular weight is 295 g/mol. The van der Waals surface area contributed by atoms with Crippen molar-refractivity contribution in [2.45, 2.75) is 26.3 Å². The molecule has 0 saturated carbocycles. The van der Waals surface area contributed by atoms with Crippen LogP contribution in [0.4, 0.5) is 0 Å². The zero-order valence-electron chi connectivity index (χ0n) is 11.8. The van der Waals surface area contributed by atoms with E-state index in [0.29, 0.717) is 5.75 Å². The maximum absolute atomic E-state index is 11.7. The van der Waals surface area contributed by atoms with Crippen molar-refractivity contribution in [3.63, 3.8) is 0 Å². The Hall–Kier alpha value is -1.49. The average Bonchev–Trinajstić information content (AvgIpc) is 2.41. The first-order chi connectivity index (χ1) is 9.50. The van der Waals surface area contributed by atoms with Gasteiger partial charge in [-0.3, -0.25) is 4.79 Å². The number of aliphatic carboxylic acids is 1. The van der Waals surface area contributed by atoms with E-state index in [2.05, 4.69) is 17.4 Å². The fourth-order valence-electron chi connectivity index (χ4n) is 1.73. The first kappa shape index (κ1) is 16.6. The van der Waals surface area contributed by atoms with Crippen molar-refractivity contribution in [1.82, 2.24) is 5.32 Å². The number of thioether (sulfide) groups is 1. The predicted octanol–water partition coefficient (Wildman–Crippen LogP) is 2.19. The molecular formula is C15H21NO3S. The highest BCUT2D eigenvalue weighted by Gasteiger charge is 2.22. The smallest absolute Gasteiger partial charge is 0.326 e. The molecule has 0 heterocycles. The Morgan fingerprint density at radius 3 is 2.45 bits per heavy atom. The third kappa shape index (κ3) is 6.10. The number of benzene rings is 1. The number of hydrogen-bond donors (Lipinski definition) is 2. The summed E-state index contributed by atoms with van der Waals surface area (Å²) in [5, 5.41) is 11.5. The van der Waals surface area contributed by atoms with Crippen LogP contribution in [-0.2, 0) is 16.0 Å². The Morgan fingerprint density at radius 1 is 1.25 bits per heavy atom. The third-order valence-electron chi connectivity index (χ3n) is 2.86. The minimum Gasteiger partial charge on any atom is -0.480 e. The summed E-state index contributed by atoms with van der Waals surface area (Å²) in [6, 6.07) is 9.26. The number of rotatable bonds is 8. The summed E-state index contributed by atoms with van der Waals surface area (Å²) in [5.74, 6) is -0.183. The van der Waals surface area contributed by atoms with Crippen LogP contribution in [-0.4, -0.2) is 34.5 Å². The molecule has 0 aromatic heterocycles. The SMILES string of the molecule is CC(C)[C@@H](NC(=O)CSCCc1ccccc1)C(=O)O. The Labute approximate surface area is 124 Å². The van der Waals surface area contributed by atoms with Gasteiger partial charge in [0.05, 0.1) is 5.75 Å². The Balaban J connectivity index is 2.24. The van der Waals surface area contributed by atoms with E-state index in [1.807, 2.05) is 18.2 Å². The van der Waals surface area contributed by atoms with Crippen LogP contribution < -0.4 is 5.32 Å². The van der Waals surface area contributed by atoms with Gasteiger partial charge in [-0.2, -0.15) is 11.8 Å². The van der Waals surface area contributed by atoms with E-state index in [1.54, 1.807) is 13.8 Å². The van der Waals surface area contributed by atoms with Crippen molar-refractivity contribution in [3.05, 3.63) is 35.9 Å². The van der Waals surface area contributed by atoms with Crippen molar-refractivity contribution in [2.75, 3.05) is 11.5 Å². The van der Waals surface area contributed by atoms with E-state index in [4.69, 9.17) is 5.11 Å². The molecule has 1 atom stereocenters. The van der Waals surface area contributed by atoms with E-state index in [-0.39, 0.29) is 11.8 Å². The lowest BCUT2D eigenvalue weighted by atomic mass is 10.1. The first-order valence-electron chi connectivity index (χ1n) is 6.64. The van der Waals surface area contributed by atoms with E-state index in [9.17, 15) is 9.59 Å². The lowest BCUT2D eigenvalue weighted by Crippen LogP contribution is -2.45. The number of carbonyl (C=O) groups is 2. The molecule has 1 aromatic carbocycles. The number of carboxylic acids is 1. The summed E-state index contributed by atoms with van der Waals surface area (Å²) in [6.45, 7) is 3.56. The summed E-state index contributed by atoms with van der Waals surface area (Å²) in [7, 11) is 0. The monoisotopic (exact) mass is 295 g/mol. The standard InChI is InChI=1S/C15H21NO3S/c1-11(2)14(15(18)19)16-13(17)10-20-9-8-12-6-4-3-5-7-12/h3-7,11,14H,8-10H2,1-2H3,(H,16,17)(H,18,19)/t14-/m1/s1. The summed E-state index contributed by atoms with van der Waals surface area (Å²) >= 11 is 1.52. The van der Waals surface area contributed by atoms with Gasteiger partial charge in [-0.05, 0) is 23.7 Å². The second-order valence-electron chi connectivity index (χ2n) is 4.92. The van der Waals surface area contributed by atoms with Crippen molar-refractivity contribution in [2.24, 2.45) is 5.92 Å². The summed E-state index contributed by atoms with van der Waals surface area (Å²) in [4.78, 5) is 22.6. The zero-order valence-corrected chi connectivity index (χ0v) is 12.7. The molecule has 0 aliphatic carbocycles. The molecule has 0 spiro atoms. The molecule has 0 radical (unpaired) electrons. The largest absolute Gasteiger partial charge is 0.480 e. The molecule has 1 rings (SSSR count). The van der Waals surface area contributed by atoms with Gasteiger partial charge in [-0.25, -0.2) is 4.79 Å². The number of aryl methyl sites for hydroxylation is 1. The normalized spacial score (nSPS) is 12.2. The van der Waals surface area contributed by atoms with E-state index in [0.717, 1.165) is 12.2 Å². The van der Waals surface area contributed by atoms with Crippen molar-refractivity contribution in [1.29, 1.82) is 0 Å². The molecular weight excluding hydrogens is 274 g/mol. The minimum absolute atomic E-state index is 0.120. The van der Waals surface area contributed by atoms with Gasteiger partial charge in [0.2, 0.25) is 5.91 Å². The third-order valence-corrected chi connectivity index (χ3v) is 3.82. The molecule has 0 unspecified atom stereocenters.